The lowest BCUT2D eigenvalue weighted by Gasteiger charge is -2.14. The van der Waals surface area contributed by atoms with Crippen molar-refractivity contribution < 1.29 is 14.3 Å². The topological polar surface area (TPSA) is 73.2 Å². The predicted molar refractivity (Wildman–Crippen MR) is 55.3 cm³/mol. The Hall–Kier alpha value is -1.85. The molecule has 1 aliphatic heterocycles. The van der Waals surface area contributed by atoms with Gasteiger partial charge in [-0.05, 0) is 13.8 Å². The van der Waals surface area contributed by atoms with Crippen LogP contribution in [0.4, 0.5) is 0 Å². The Bertz CT molecular complexity index is 450. The van der Waals surface area contributed by atoms with Crippen LogP contribution >= 0.6 is 0 Å². The van der Waals surface area contributed by atoms with Crippen LogP contribution in [-0.2, 0) is 11.3 Å². The number of ether oxygens (including phenoxy) is 1. The highest BCUT2D eigenvalue weighted by Gasteiger charge is 2.27. The van der Waals surface area contributed by atoms with Gasteiger partial charge in [0, 0.05) is 12.1 Å². The molecule has 0 fully saturated rings. The van der Waals surface area contributed by atoms with E-state index in [2.05, 4.69) is 10.4 Å². The van der Waals surface area contributed by atoms with Gasteiger partial charge in [0.05, 0.1) is 13.2 Å². The molecule has 0 atom stereocenters. The van der Waals surface area contributed by atoms with Gasteiger partial charge in [-0.15, -0.1) is 0 Å². The number of carbonyl (C=O) groups excluding carboxylic acids is 2. The summed E-state index contributed by atoms with van der Waals surface area (Å²) < 4.78 is 6.43. The molecule has 2 rings (SSSR count). The number of esters is 1. The van der Waals surface area contributed by atoms with E-state index in [1.165, 1.54) is 0 Å². The van der Waals surface area contributed by atoms with E-state index in [1.807, 2.05) is 0 Å². The summed E-state index contributed by atoms with van der Waals surface area (Å²) in [4.78, 5) is 23.1. The molecule has 16 heavy (non-hydrogen) atoms. The molecular formula is C10H13N3O3. The molecule has 1 N–H and O–H groups in total. The second-order valence-corrected chi connectivity index (χ2v) is 3.52. The fourth-order valence-corrected chi connectivity index (χ4v) is 1.75. The summed E-state index contributed by atoms with van der Waals surface area (Å²) in [5.74, 6) is -0.665. The van der Waals surface area contributed by atoms with Crippen molar-refractivity contribution in [3.05, 3.63) is 17.0 Å². The number of fused-ring (bicyclic) bond motifs is 1. The summed E-state index contributed by atoms with van der Waals surface area (Å²) in [6, 6.07) is 0. The van der Waals surface area contributed by atoms with Crippen LogP contribution in [0, 0.1) is 6.92 Å². The van der Waals surface area contributed by atoms with Gasteiger partial charge in [0.15, 0.2) is 5.69 Å². The van der Waals surface area contributed by atoms with Gasteiger partial charge < -0.3 is 10.1 Å². The lowest BCUT2D eigenvalue weighted by atomic mass is 10.2. The summed E-state index contributed by atoms with van der Waals surface area (Å²) in [7, 11) is 0. The maximum Gasteiger partial charge on any atom is 0.359 e. The maximum atomic E-state index is 11.6. The van der Waals surface area contributed by atoms with Crippen LogP contribution < -0.4 is 5.32 Å². The molecule has 1 aliphatic rings. The summed E-state index contributed by atoms with van der Waals surface area (Å²) in [6.45, 7) is 4.86. The average Bonchev–Trinajstić information content (AvgIpc) is 2.58. The van der Waals surface area contributed by atoms with Gasteiger partial charge in [0.25, 0.3) is 5.91 Å². The van der Waals surface area contributed by atoms with Crippen molar-refractivity contribution in [1.29, 1.82) is 0 Å². The van der Waals surface area contributed by atoms with Crippen molar-refractivity contribution in [3.63, 3.8) is 0 Å². The maximum absolute atomic E-state index is 11.6. The van der Waals surface area contributed by atoms with Gasteiger partial charge in [-0.2, -0.15) is 5.10 Å². The zero-order valence-corrected chi connectivity index (χ0v) is 9.24. The standard InChI is InChI=1S/C10H13N3O3/c1-3-16-10(15)7-6(2)8-9(14)11-4-5-13(8)12-7/h3-5H2,1-2H3,(H,11,14). The summed E-state index contributed by atoms with van der Waals surface area (Å²) in [6.07, 6.45) is 0. The third-order valence-electron chi connectivity index (χ3n) is 2.48. The number of amides is 1. The van der Waals surface area contributed by atoms with Crippen LogP contribution in [0.15, 0.2) is 0 Å². The third-order valence-corrected chi connectivity index (χ3v) is 2.48. The average molecular weight is 223 g/mol. The Morgan fingerprint density at radius 1 is 1.62 bits per heavy atom. The Labute approximate surface area is 92.6 Å². The number of carbonyl (C=O) groups is 2. The van der Waals surface area contributed by atoms with E-state index in [1.54, 1.807) is 18.5 Å². The molecule has 0 saturated carbocycles. The molecule has 6 nitrogen and oxygen atoms in total. The minimum Gasteiger partial charge on any atom is -0.461 e. The SMILES string of the molecule is CCOC(=O)c1nn2c(c1C)C(=O)NCC2. The molecule has 1 amide bonds. The lowest BCUT2D eigenvalue weighted by Crippen LogP contribution is -2.35. The van der Waals surface area contributed by atoms with Crippen LogP contribution in [0.5, 0.6) is 0 Å². The first-order valence-electron chi connectivity index (χ1n) is 5.18. The molecule has 86 valence electrons. The molecule has 0 aliphatic carbocycles. The molecule has 0 radical (unpaired) electrons. The van der Waals surface area contributed by atoms with Gasteiger partial charge in [-0.25, -0.2) is 4.79 Å². The summed E-state index contributed by atoms with van der Waals surface area (Å²) in [5, 5.41) is 6.81. The second-order valence-electron chi connectivity index (χ2n) is 3.52. The van der Waals surface area contributed by atoms with E-state index in [0.29, 0.717) is 31.0 Å². The molecule has 0 saturated heterocycles. The van der Waals surface area contributed by atoms with E-state index in [0.717, 1.165) is 0 Å². The Morgan fingerprint density at radius 3 is 3.00 bits per heavy atom. The van der Waals surface area contributed by atoms with E-state index in [9.17, 15) is 9.59 Å². The van der Waals surface area contributed by atoms with E-state index < -0.39 is 5.97 Å². The van der Waals surface area contributed by atoms with Gasteiger partial charge in [-0.1, -0.05) is 0 Å². The number of nitrogens with zero attached hydrogens (tertiary/aromatic N) is 2. The molecule has 0 unspecified atom stereocenters. The number of aromatic nitrogens is 2. The van der Waals surface area contributed by atoms with Crippen molar-refractivity contribution >= 4 is 11.9 Å². The van der Waals surface area contributed by atoms with Gasteiger partial charge in [-0.3, -0.25) is 9.48 Å². The first kappa shape index (κ1) is 10.7. The van der Waals surface area contributed by atoms with Gasteiger partial charge >= 0.3 is 5.97 Å². The molecule has 0 bridgehead atoms. The lowest BCUT2D eigenvalue weighted by molar-refractivity contribution is 0.0517. The molecule has 1 aromatic heterocycles. The second kappa shape index (κ2) is 3.96. The smallest absolute Gasteiger partial charge is 0.359 e. The quantitative estimate of drug-likeness (QED) is 0.722. The van der Waals surface area contributed by atoms with Crippen molar-refractivity contribution in [1.82, 2.24) is 15.1 Å². The summed E-state index contributed by atoms with van der Waals surface area (Å²) >= 11 is 0. The van der Waals surface area contributed by atoms with E-state index >= 15 is 0 Å². The van der Waals surface area contributed by atoms with Crippen LogP contribution in [0.2, 0.25) is 0 Å². The highest BCUT2D eigenvalue weighted by Crippen LogP contribution is 2.16. The number of rotatable bonds is 2. The van der Waals surface area contributed by atoms with Crippen molar-refractivity contribution in [2.45, 2.75) is 20.4 Å². The van der Waals surface area contributed by atoms with Crippen molar-refractivity contribution in [2.75, 3.05) is 13.2 Å². The Balaban J connectivity index is 2.42. The minimum atomic E-state index is -0.477. The first-order valence-corrected chi connectivity index (χ1v) is 5.18. The van der Waals surface area contributed by atoms with E-state index in [-0.39, 0.29) is 11.6 Å². The minimum absolute atomic E-state index is 0.188. The van der Waals surface area contributed by atoms with E-state index in [4.69, 9.17) is 4.74 Å². The number of hydrogen-bond acceptors (Lipinski definition) is 4. The van der Waals surface area contributed by atoms with Crippen molar-refractivity contribution in [3.8, 4) is 0 Å². The van der Waals surface area contributed by atoms with Gasteiger partial charge in [0.2, 0.25) is 0 Å². The fourth-order valence-electron chi connectivity index (χ4n) is 1.75. The monoisotopic (exact) mass is 223 g/mol. The zero-order chi connectivity index (χ0) is 11.7. The fraction of sp³-hybridized carbons (Fsp3) is 0.500. The highest BCUT2D eigenvalue weighted by molar-refractivity contribution is 5.98. The Kier molecular flexibility index (Phi) is 2.64. The molecule has 2 heterocycles. The number of nitrogens with one attached hydrogen (secondary N) is 1. The molecular weight excluding hydrogens is 210 g/mol. The largest absolute Gasteiger partial charge is 0.461 e. The van der Waals surface area contributed by atoms with Crippen LogP contribution in [-0.4, -0.2) is 34.8 Å². The van der Waals surface area contributed by atoms with Crippen LogP contribution in [0.1, 0.15) is 33.5 Å². The highest BCUT2D eigenvalue weighted by atomic mass is 16.5. The molecule has 0 aromatic carbocycles. The molecule has 1 aromatic rings. The molecule has 6 heteroatoms. The summed E-state index contributed by atoms with van der Waals surface area (Å²) in [5.41, 5.74) is 1.26. The molecule has 0 spiro atoms. The predicted octanol–water partition coefficient (Wildman–Crippen LogP) is 0.112. The van der Waals surface area contributed by atoms with Crippen molar-refractivity contribution in [2.24, 2.45) is 0 Å². The number of hydrogen-bond donors (Lipinski definition) is 1. The Morgan fingerprint density at radius 2 is 2.38 bits per heavy atom. The first-order chi connectivity index (χ1) is 7.65. The van der Waals surface area contributed by atoms with Crippen LogP contribution in [0.25, 0.3) is 0 Å². The van der Waals surface area contributed by atoms with Crippen LogP contribution in [0.3, 0.4) is 0 Å². The van der Waals surface area contributed by atoms with Gasteiger partial charge in [0.1, 0.15) is 5.69 Å². The normalized spacial score (nSPS) is 14.2. The third kappa shape index (κ3) is 1.56. The zero-order valence-electron chi connectivity index (χ0n) is 9.24.